The lowest BCUT2D eigenvalue weighted by molar-refractivity contribution is -0.130. The molecule has 7 nitrogen and oxygen atoms in total. The van der Waals surface area contributed by atoms with Crippen LogP contribution in [0.2, 0.25) is 5.02 Å². The van der Waals surface area contributed by atoms with E-state index in [4.69, 9.17) is 20.8 Å². The summed E-state index contributed by atoms with van der Waals surface area (Å²) in [5.41, 5.74) is 1.46. The molecule has 1 fully saturated rings. The summed E-state index contributed by atoms with van der Waals surface area (Å²) in [6.45, 7) is 0.301. The van der Waals surface area contributed by atoms with Crippen molar-refractivity contribution in [1.82, 2.24) is 10.2 Å². The average molecular weight is 563 g/mol. The van der Waals surface area contributed by atoms with E-state index in [1.54, 1.807) is 42.5 Å². The van der Waals surface area contributed by atoms with Gasteiger partial charge in [-0.3, -0.25) is 19.8 Å². The number of barbiturate groups is 1. The Labute approximate surface area is 202 Å². The number of halogens is 2. The lowest BCUT2D eigenvalue weighted by Crippen LogP contribution is -2.53. The van der Waals surface area contributed by atoms with Gasteiger partial charge >= 0.3 is 6.03 Å². The summed E-state index contributed by atoms with van der Waals surface area (Å²) < 4.78 is 11.9. The molecule has 1 aliphatic heterocycles. The summed E-state index contributed by atoms with van der Waals surface area (Å²) in [7, 11) is 0. The van der Waals surface area contributed by atoms with Crippen LogP contribution < -0.4 is 10.1 Å². The molecule has 2 heterocycles. The predicted molar refractivity (Wildman–Crippen MR) is 126 cm³/mol. The standard InChI is InChI=1S/C23H16ClIN2O5/c24-16-6-3-14(4-7-16)13-32-20-8-5-15(11-19(20)25)10-18-21(28)26-23(30)27(22(18)29)12-17-2-1-9-31-17/h1-11H,12-13H2,(H,26,28,30)/b18-10+. The lowest BCUT2D eigenvalue weighted by atomic mass is 10.1. The molecule has 4 rings (SSSR count). The zero-order valence-corrected chi connectivity index (χ0v) is 19.4. The van der Waals surface area contributed by atoms with Gasteiger partial charge in [0.1, 0.15) is 23.7 Å². The maximum atomic E-state index is 12.8. The molecule has 32 heavy (non-hydrogen) atoms. The van der Waals surface area contributed by atoms with Gasteiger partial charge in [-0.25, -0.2) is 4.79 Å². The second-order valence-electron chi connectivity index (χ2n) is 6.89. The van der Waals surface area contributed by atoms with Gasteiger partial charge in [-0.2, -0.15) is 0 Å². The number of carbonyl (C=O) groups excluding carboxylic acids is 3. The van der Waals surface area contributed by atoms with Crippen molar-refractivity contribution in [2.75, 3.05) is 0 Å². The number of urea groups is 1. The van der Waals surface area contributed by atoms with Gasteiger partial charge in [-0.1, -0.05) is 29.8 Å². The Balaban J connectivity index is 1.50. The molecule has 9 heteroatoms. The highest BCUT2D eigenvalue weighted by Gasteiger charge is 2.36. The molecular formula is C23H16ClIN2O5. The van der Waals surface area contributed by atoms with Gasteiger partial charge < -0.3 is 9.15 Å². The Morgan fingerprint density at radius 3 is 2.56 bits per heavy atom. The normalized spacial score (nSPS) is 15.2. The highest BCUT2D eigenvalue weighted by atomic mass is 127. The zero-order valence-electron chi connectivity index (χ0n) is 16.5. The van der Waals surface area contributed by atoms with Crippen molar-refractivity contribution in [3.63, 3.8) is 0 Å². The fourth-order valence-electron chi connectivity index (χ4n) is 3.03. The third-order valence-electron chi connectivity index (χ3n) is 4.65. The van der Waals surface area contributed by atoms with Crippen molar-refractivity contribution in [2.45, 2.75) is 13.2 Å². The Hall–Kier alpha value is -3.11. The van der Waals surface area contributed by atoms with Gasteiger partial charge in [0.15, 0.2) is 0 Å². The molecule has 1 aromatic heterocycles. The largest absolute Gasteiger partial charge is 0.488 e. The SMILES string of the molecule is O=C1NC(=O)N(Cc2ccco2)C(=O)/C1=C/c1ccc(OCc2ccc(Cl)cc2)c(I)c1. The summed E-state index contributed by atoms with van der Waals surface area (Å²) in [5, 5.41) is 2.85. The smallest absolute Gasteiger partial charge is 0.331 e. The van der Waals surface area contributed by atoms with Crippen LogP contribution in [0.1, 0.15) is 16.9 Å². The van der Waals surface area contributed by atoms with Crippen LogP contribution in [0.25, 0.3) is 6.08 Å². The summed E-state index contributed by atoms with van der Waals surface area (Å²) in [6.07, 6.45) is 2.90. The molecule has 0 spiro atoms. The molecular weight excluding hydrogens is 547 g/mol. The molecule has 1 N–H and O–H groups in total. The van der Waals surface area contributed by atoms with E-state index >= 15 is 0 Å². The molecule has 0 unspecified atom stereocenters. The third kappa shape index (κ3) is 5.03. The van der Waals surface area contributed by atoms with Crippen LogP contribution in [0.5, 0.6) is 5.75 Å². The molecule has 0 radical (unpaired) electrons. The van der Waals surface area contributed by atoms with Crippen LogP contribution in [0, 0.1) is 3.57 Å². The van der Waals surface area contributed by atoms with Gasteiger partial charge in [0.05, 0.1) is 16.4 Å². The Morgan fingerprint density at radius 2 is 1.88 bits per heavy atom. The number of rotatable bonds is 6. The van der Waals surface area contributed by atoms with Gasteiger partial charge in [0.25, 0.3) is 11.8 Å². The van der Waals surface area contributed by atoms with Crippen LogP contribution in [0.4, 0.5) is 4.79 Å². The van der Waals surface area contributed by atoms with E-state index in [0.29, 0.717) is 28.7 Å². The number of hydrogen-bond acceptors (Lipinski definition) is 5. The molecule has 0 saturated carbocycles. The van der Waals surface area contributed by atoms with E-state index in [1.807, 2.05) is 12.1 Å². The van der Waals surface area contributed by atoms with Crippen molar-refractivity contribution in [1.29, 1.82) is 0 Å². The first-order valence-corrected chi connectivity index (χ1v) is 10.9. The highest BCUT2D eigenvalue weighted by Crippen LogP contribution is 2.25. The van der Waals surface area contributed by atoms with Gasteiger partial charge in [0, 0.05) is 5.02 Å². The van der Waals surface area contributed by atoms with E-state index in [2.05, 4.69) is 27.9 Å². The quantitative estimate of drug-likeness (QED) is 0.265. The predicted octanol–water partition coefficient (Wildman–Crippen LogP) is 4.78. The molecule has 1 saturated heterocycles. The topological polar surface area (TPSA) is 88.9 Å². The minimum atomic E-state index is -0.783. The zero-order chi connectivity index (χ0) is 22.7. The Morgan fingerprint density at radius 1 is 1.09 bits per heavy atom. The minimum absolute atomic E-state index is 0.0721. The van der Waals surface area contributed by atoms with Crippen LogP contribution in [-0.2, 0) is 22.7 Å². The number of amides is 4. The molecule has 2 aromatic carbocycles. The van der Waals surface area contributed by atoms with Crippen molar-refractivity contribution in [2.24, 2.45) is 0 Å². The Bertz CT molecular complexity index is 1210. The number of ether oxygens (including phenoxy) is 1. The molecule has 3 aromatic rings. The summed E-state index contributed by atoms with van der Waals surface area (Å²) in [4.78, 5) is 38.2. The van der Waals surface area contributed by atoms with Crippen molar-refractivity contribution >= 4 is 58.1 Å². The summed E-state index contributed by atoms with van der Waals surface area (Å²) in [6, 6.07) is 15.2. The molecule has 0 bridgehead atoms. The average Bonchev–Trinajstić information content (AvgIpc) is 3.28. The number of hydrogen-bond donors (Lipinski definition) is 1. The minimum Gasteiger partial charge on any atom is -0.488 e. The monoisotopic (exact) mass is 562 g/mol. The lowest BCUT2D eigenvalue weighted by Gasteiger charge is -2.25. The number of nitrogens with zero attached hydrogens (tertiary/aromatic N) is 1. The summed E-state index contributed by atoms with van der Waals surface area (Å²) in [5.74, 6) is -0.335. The van der Waals surface area contributed by atoms with E-state index < -0.39 is 17.8 Å². The van der Waals surface area contributed by atoms with Crippen molar-refractivity contribution in [3.8, 4) is 5.75 Å². The number of imide groups is 2. The first kappa shape index (κ1) is 22.1. The van der Waals surface area contributed by atoms with E-state index in [1.165, 1.54) is 12.3 Å². The fourth-order valence-corrected chi connectivity index (χ4v) is 3.85. The fraction of sp³-hybridized carbons (Fsp3) is 0.0870. The van der Waals surface area contributed by atoms with Gasteiger partial charge in [-0.05, 0) is 76.2 Å². The highest BCUT2D eigenvalue weighted by molar-refractivity contribution is 14.1. The Kier molecular flexibility index (Phi) is 6.61. The van der Waals surface area contributed by atoms with E-state index in [0.717, 1.165) is 14.0 Å². The number of nitrogens with one attached hydrogen (secondary N) is 1. The second kappa shape index (κ2) is 9.58. The van der Waals surface area contributed by atoms with Crippen LogP contribution in [-0.4, -0.2) is 22.7 Å². The van der Waals surface area contributed by atoms with Gasteiger partial charge in [-0.15, -0.1) is 0 Å². The number of benzene rings is 2. The van der Waals surface area contributed by atoms with Gasteiger partial charge in [0.2, 0.25) is 0 Å². The van der Waals surface area contributed by atoms with E-state index in [9.17, 15) is 14.4 Å². The van der Waals surface area contributed by atoms with Crippen LogP contribution >= 0.6 is 34.2 Å². The third-order valence-corrected chi connectivity index (χ3v) is 5.75. The van der Waals surface area contributed by atoms with Crippen molar-refractivity contribution < 1.29 is 23.5 Å². The van der Waals surface area contributed by atoms with Crippen LogP contribution in [0.3, 0.4) is 0 Å². The summed E-state index contributed by atoms with van der Waals surface area (Å²) >= 11 is 8.02. The van der Waals surface area contributed by atoms with Crippen LogP contribution in [0.15, 0.2) is 70.9 Å². The van der Waals surface area contributed by atoms with E-state index in [-0.39, 0.29) is 12.1 Å². The first-order chi connectivity index (χ1) is 15.4. The maximum Gasteiger partial charge on any atom is 0.331 e. The molecule has 0 aliphatic carbocycles. The first-order valence-electron chi connectivity index (χ1n) is 9.49. The van der Waals surface area contributed by atoms with Crippen molar-refractivity contribution in [3.05, 3.63) is 91.9 Å². The number of carbonyl (C=O) groups is 3. The second-order valence-corrected chi connectivity index (χ2v) is 8.49. The molecule has 4 amide bonds. The number of furan rings is 1. The maximum absolute atomic E-state index is 12.8. The molecule has 1 aliphatic rings. The molecule has 162 valence electrons. The molecule has 0 atom stereocenters.